The molecule has 0 bridgehead atoms. The van der Waals surface area contributed by atoms with E-state index in [-0.39, 0.29) is 28.9 Å². The molecule has 0 spiro atoms. The van der Waals surface area contributed by atoms with Crippen LogP contribution in [-0.4, -0.2) is 34.6 Å². The maximum Gasteiger partial charge on any atom is 0.238 e. The standard InChI is InChI=1S/C19H26N4O3S.HI/c1-3-21-19(22-13-12-16-6-4-5-7-18(16)26-2)23-14-15-8-10-17(11-9-15)27(20,24)25;/h4-11H,3,12-14H2,1-2H3,(H2,20,24,25)(H2,21,22,23);1H. The third kappa shape index (κ3) is 7.64. The summed E-state index contributed by atoms with van der Waals surface area (Å²) in [5.74, 6) is 1.57. The monoisotopic (exact) mass is 518 g/mol. The fraction of sp³-hybridized carbons (Fsp3) is 0.316. The molecule has 7 nitrogen and oxygen atoms in total. The minimum atomic E-state index is -3.67. The predicted molar refractivity (Wildman–Crippen MR) is 123 cm³/mol. The fourth-order valence-corrected chi connectivity index (χ4v) is 3.04. The Morgan fingerprint density at radius 2 is 1.79 bits per heavy atom. The Bertz CT molecular complexity index is 871. The van der Waals surface area contributed by atoms with E-state index in [1.807, 2.05) is 31.2 Å². The fourth-order valence-electron chi connectivity index (χ4n) is 2.52. The third-order valence-corrected chi connectivity index (χ3v) is 4.82. The van der Waals surface area contributed by atoms with Gasteiger partial charge in [0.15, 0.2) is 5.96 Å². The van der Waals surface area contributed by atoms with Crippen LogP contribution >= 0.6 is 24.0 Å². The number of para-hydroxylation sites is 1. The molecule has 0 aliphatic carbocycles. The molecule has 4 N–H and O–H groups in total. The molecule has 0 fully saturated rings. The average Bonchev–Trinajstić information content (AvgIpc) is 2.66. The SMILES string of the molecule is CCNC(=NCc1ccc(S(N)(=O)=O)cc1)NCCc1ccccc1OC.I. The van der Waals surface area contributed by atoms with Crippen LogP contribution in [0, 0.1) is 0 Å². The quantitative estimate of drug-likeness (QED) is 0.283. The molecule has 0 aliphatic heterocycles. The van der Waals surface area contributed by atoms with E-state index in [1.54, 1.807) is 19.2 Å². The van der Waals surface area contributed by atoms with Crippen LogP contribution in [0.2, 0.25) is 0 Å². The van der Waals surface area contributed by atoms with Crippen molar-refractivity contribution in [2.75, 3.05) is 20.2 Å². The predicted octanol–water partition coefficient (Wildman–Crippen LogP) is 2.26. The van der Waals surface area contributed by atoms with Crippen molar-refractivity contribution in [3.8, 4) is 5.75 Å². The number of nitrogens with zero attached hydrogens (tertiary/aromatic N) is 1. The zero-order valence-electron chi connectivity index (χ0n) is 16.0. The Kier molecular flexibility index (Phi) is 10.3. The van der Waals surface area contributed by atoms with E-state index >= 15 is 0 Å². The van der Waals surface area contributed by atoms with Crippen LogP contribution in [0.3, 0.4) is 0 Å². The summed E-state index contributed by atoms with van der Waals surface area (Å²) in [5.41, 5.74) is 2.02. The number of halogens is 1. The van der Waals surface area contributed by atoms with Crippen LogP contribution in [0.25, 0.3) is 0 Å². The summed E-state index contributed by atoms with van der Waals surface area (Å²) < 4.78 is 28.0. The van der Waals surface area contributed by atoms with Crippen molar-refractivity contribution in [1.29, 1.82) is 0 Å². The number of guanidine groups is 1. The lowest BCUT2D eigenvalue weighted by molar-refractivity contribution is 0.409. The van der Waals surface area contributed by atoms with Crippen LogP contribution < -0.4 is 20.5 Å². The summed E-state index contributed by atoms with van der Waals surface area (Å²) in [6.45, 7) is 3.87. The van der Waals surface area contributed by atoms with Crippen LogP contribution in [-0.2, 0) is 23.0 Å². The van der Waals surface area contributed by atoms with E-state index in [9.17, 15) is 8.42 Å². The van der Waals surface area contributed by atoms with Gasteiger partial charge in [0.25, 0.3) is 0 Å². The molecule has 154 valence electrons. The van der Waals surface area contributed by atoms with Crippen LogP contribution in [0.5, 0.6) is 5.75 Å². The first kappa shape index (κ1) is 24.2. The van der Waals surface area contributed by atoms with Gasteiger partial charge in [0.2, 0.25) is 10.0 Å². The molecule has 0 radical (unpaired) electrons. The lowest BCUT2D eigenvalue weighted by Crippen LogP contribution is -2.38. The molecule has 28 heavy (non-hydrogen) atoms. The van der Waals surface area contributed by atoms with Crippen molar-refractivity contribution in [3.05, 3.63) is 59.7 Å². The molecule has 2 aromatic rings. The van der Waals surface area contributed by atoms with Crippen molar-refractivity contribution in [2.45, 2.75) is 24.8 Å². The number of aliphatic imine (C=N–C) groups is 1. The second-order valence-electron chi connectivity index (χ2n) is 5.87. The minimum absolute atomic E-state index is 0. The van der Waals surface area contributed by atoms with Crippen molar-refractivity contribution in [1.82, 2.24) is 10.6 Å². The first-order valence-electron chi connectivity index (χ1n) is 8.70. The smallest absolute Gasteiger partial charge is 0.238 e. The Labute approximate surface area is 183 Å². The first-order valence-corrected chi connectivity index (χ1v) is 10.2. The minimum Gasteiger partial charge on any atom is -0.496 e. The molecule has 0 saturated carbocycles. The highest BCUT2D eigenvalue weighted by molar-refractivity contribution is 14.0. The normalized spacial score (nSPS) is 11.5. The van der Waals surface area contributed by atoms with Crippen molar-refractivity contribution in [2.24, 2.45) is 10.1 Å². The third-order valence-electron chi connectivity index (χ3n) is 3.90. The van der Waals surface area contributed by atoms with E-state index in [0.717, 1.165) is 29.8 Å². The lowest BCUT2D eigenvalue weighted by atomic mass is 10.1. The molecule has 0 aromatic heterocycles. The van der Waals surface area contributed by atoms with E-state index in [4.69, 9.17) is 9.88 Å². The van der Waals surface area contributed by atoms with E-state index < -0.39 is 10.0 Å². The number of ether oxygens (including phenoxy) is 1. The summed E-state index contributed by atoms with van der Waals surface area (Å²) in [6.07, 6.45) is 0.803. The van der Waals surface area contributed by atoms with Gasteiger partial charge in [0.05, 0.1) is 18.6 Å². The highest BCUT2D eigenvalue weighted by Gasteiger charge is 2.07. The van der Waals surface area contributed by atoms with E-state index in [1.165, 1.54) is 12.1 Å². The van der Waals surface area contributed by atoms with Gasteiger partial charge in [0, 0.05) is 13.1 Å². The van der Waals surface area contributed by atoms with Crippen molar-refractivity contribution >= 4 is 40.0 Å². The number of methoxy groups -OCH3 is 1. The van der Waals surface area contributed by atoms with Gasteiger partial charge < -0.3 is 15.4 Å². The highest BCUT2D eigenvalue weighted by atomic mass is 127. The van der Waals surface area contributed by atoms with E-state index in [0.29, 0.717) is 19.0 Å². The number of hydrogen-bond donors (Lipinski definition) is 3. The van der Waals surface area contributed by atoms with E-state index in [2.05, 4.69) is 15.6 Å². The van der Waals surface area contributed by atoms with Crippen LogP contribution in [0.4, 0.5) is 0 Å². The second-order valence-corrected chi connectivity index (χ2v) is 7.43. The van der Waals surface area contributed by atoms with Gasteiger partial charge >= 0.3 is 0 Å². The number of nitrogens with two attached hydrogens (primary N) is 1. The number of nitrogens with one attached hydrogen (secondary N) is 2. The molecular formula is C19H27IN4O3S. The molecule has 0 atom stereocenters. The number of hydrogen-bond acceptors (Lipinski definition) is 4. The van der Waals surface area contributed by atoms with Gasteiger partial charge in [-0.2, -0.15) is 0 Å². The summed E-state index contributed by atoms with van der Waals surface area (Å²) in [6, 6.07) is 14.3. The number of primary sulfonamides is 1. The van der Waals surface area contributed by atoms with Crippen LogP contribution in [0.15, 0.2) is 58.4 Å². The van der Waals surface area contributed by atoms with Gasteiger partial charge in [-0.1, -0.05) is 30.3 Å². The van der Waals surface area contributed by atoms with Crippen LogP contribution in [0.1, 0.15) is 18.1 Å². The van der Waals surface area contributed by atoms with Gasteiger partial charge in [-0.3, -0.25) is 0 Å². The Morgan fingerprint density at radius 1 is 1.11 bits per heavy atom. The number of rotatable bonds is 8. The second kappa shape index (κ2) is 11.9. The van der Waals surface area contributed by atoms with Gasteiger partial charge in [-0.05, 0) is 42.7 Å². The largest absolute Gasteiger partial charge is 0.496 e. The number of sulfonamides is 1. The molecule has 0 saturated heterocycles. The summed E-state index contributed by atoms with van der Waals surface area (Å²) in [4.78, 5) is 4.63. The first-order chi connectivity index (χ1) is 12.9. The molecule has 2 aromatic carbocycles. The average molecular weight is 518 g/mol. The Hall–Kier alpha value is -1.85. The zero-order valence-corrected chi connectivity index (χ0v) is 19.2. The number of benzene rings is 2. The Balaban J connectivity index is 0.00000392. The van der Waals surface area contributed by atoms with Gasteiger partial charge in [-0.25, -0.2) is 18.5 Å². The van der Waals surface area contributed by atoms with Crippen molar-refractivity contribution in [3.63, 3.8) is 0 Å². The molecule has 0 amide bonds. The maximum absolute atomic E-state index is 11.3. The molecule has 0 aliphatic rings. The lowest BCUT2D eigenvalue weighted by Gasteiger charge is -2.13. The summed E-state index contributed by atoms with van der Waals surface area (Å²) in [5, 5.41) is 11.6. The molecule has 9 heteroatoms. The van der Waals surface area contributed by atoms with Gasteiger partial charge in [0.1, 0.15) is 5.75 Å². The molecule has 0 heterocycles. The topological polar surface area (TPSA) is 106 Å². The maximum atomic E-state index is 11.3. The molecule has 2 rings (SSSR count). The summed E-state index contributed by atoms with van der Waals surface area (Å²) >= 11 is 0. The Morgan fingerprint density at radius 3 is 2.39 bits per heavy atom. The highest BCUT2D eigenvalue weighted by Crippen LogP contribution is 2.17. The zero-order chi connectivity index (χ0) is 19.7. The molecular weight excluding hydrogens is 491 g/mol. The van der Waals surface area contributed by atoms with Crippen molar-refractivity contribution < 1.29 is 13.2 Å². The van der Waals surface area contributed by atoms with Gasteiger partial charge in [-0.15, -0.1) is 24.0 Å². The molecule has 0 unspecified atom stereocenters. The summed E-state index contributed by atoms with van der Waals surface area (Å²) in [7, 11) is -2.01.